The summed E-state index contributed by atoms with van der Waals surface area (Å²) in [6, 6.07) is 10.2. The first-order chi connectivity index (χ1) is 13.8. The quantitative estimate of drug-likeness (QED) is 0.490. The van der Waals surface area contributed by atoms with Crippen molar-refractivity contribution in [3.8, 4) is 5.75 Å². The molecule has 3 nitrogen and oxygen atoms in total. The lowest BCUT2D eigenvalue weighted by atomic mass is 10.1. The van der Waals surface area contributed by atoms with Gasteiger partial charge in [-0.3, -0.25) is 4.79 Å². The first kappa shape index (κ1) is 20.3. The van der Waals surface area contributed by atoms with E-state index in [1.54, 1.807) is 6.92 Å². The summed E-state index contributed by atoms with van der Waals surface area (Å²) >= 11 is 3.13. The number of hydrogen-bond acceptors (Lipinski definition) is 3. The van der Waals surface area contributed by atoms with E-state index in [0.29, 0.717) is 30.8 Å². The smallest absolute Gasteiger partial charge is 0.417 e. The summed E-state index contributed by atoms with van der Waals surface area (Å²) in [4.78, 5) is 11.8. The Hall–Kier alpha value is -2.02. The van der Waals surface area contributed by atoms with E-state index in [9.17, 15) is 18.0 Å². The van der Waals surface area contributed by atoms with Gasteiger partial charge in [0.15, 0.2) is 0 Å². The van der Waals surface area contributed by atoms with E-state index < -0.39 is 11.7 Å². The molecule has 2 aliphatic rings. The van der Waals surface area contributed by atoms with Crippen molar-refractivity contribution in [1.29, 1.82) is 0 Å². The van der Waals surface area contributed by atoms with Crippen molar-refractivity contribution in [2.45, 2.75) is 44.4 Å². The highest BCUT2D eigenvalue weighted by Crippen LogP contribution is 2.49. The lowest BCUT2D eigenvalue weighted by Crippen LogP contribution is -2.09. The molecule has 0 unspecified atom stereocenters. The number of esters is 1. The number of rotatable bonds is 5. The molecule has 1 saturated carbocycles. The minimum Gasteiger partial charge on any atom is -0.486 e. The first-order valence-corrected chi connectivity index (χ1v) is 10.4. The van der Waals surface area contributed by atoms with Crippen LogP contribution in [0, 0.1) is 5.92 Å². The van der Waals surface area contributed by atoms with Crippen LogP contribution in [0.5, 0.6) is 5.75 Å². The Kier molecular flexibility index (Phi) is 5.36. The summed E-state index contributed by atoms with van der Waals surface area (Å²) in [6.07, 6.45) is -2.70. The predicted molar refractivity (Wildman–Crippen MR) is 105 cm³/mol. The van der Waals surface area contributed by atoms with Crippen molar-refractivity contribution in [1.82, 2.24) is 0 Å². The van der Waals surface area contributed by atoms with E-state index in [1.165, 1.54) is 6.07 Å². The zero-order valence-corrected chi connectivity index (χ0v) is 17.3. The number of benzene rings is 2. The molecule has 0 aliphatic heterocycles. The summed E-state index contributed by atoms with van der Waals surface area (Å²) in [6.45, 7) is 2.18. The monoisotopic (exact) mass is 468 g/mol. The van der Waals surface area contributed by atoms with Gasteiger partial charge in [0, 0.05) is 4.47 Å². The van der Waals surface area contributed by atoms with Gasteiger partial charge in [-0.15, -0.1) is 0 Å². The van der Waals surface area contributed by atoms with Gasteiger partial charge in [-0.05, 0) is 82.9 Å². The molecule has 154 valence electrons. The van der Waals surface area contributed by atoms with Crippen molar-refractivity contribution in [3.63, 3.8) is 0 Å². The molecule has 0 radical (unpaired) electrons. The molecule has 2 aromatic rings. The van der Waals surface area contributed by atoms with Crippen molar-refractivity contribution < 1.29 is 27.4 Å². The van der Waals surface area contributed by atoms with Crippen molar-refractivity contribution in [2.24, 2.45) is 5.92 Å². The summed E-state index contributed by atoms with van der Waals surface area (Å²) in [5.74, 6) is 0.635. The molecule has 4 rings (SSSR count). The molecule has 0 bridgehead atoms. The van der Waals surface area contributed by atoms with Crippen LogP contribution in [0.4, 0.5) is 13.2 Å². The van der Waals surface area contributed by atoms with Gasteiger partial charge in [-0.1, -0.05) is 18.2 Å². The van der Waals surface area contributed by atoms with Crippen molar-refractivity contribution in [3.05, 3.63) is 63.1 Å². The summed E-state index contributed by atoms with van der Waals surface area (Å²) in [7, 11) is 0. The van der Waals surface area contributed by atoms with Gasteiger partial charge in [0.1, 0.15) is 11.9 Å². The minimum absolute atomic E-state index is 0.0661. The van der Waals surface area contributed by atoms with Crippen LogP contribution in [-0.4, -0.2) is 12.6 Å². The number of ether oxygens (including phenoxy) is 2. The molecule has 0 heterocycles. The summed E-state index contributed by atoms with van der Waals surface area (Å²) in [5, 5.41) is 0. The zero-order valence-electron chi connectivity index (χ0n) is 15.8. The molecular weight excluding hydrogens is 449 g/mol. The number of carbonyl (C=O) groups is 1. The van der Waals surface area contributed by atoms with Gasteiger partial charge in [0.2, 0.25) is 0 Å². The Labute approximate surface area is 175 Å². The molecule has 2 aromatic carbocycles. The van der Waals surface area contributed by atoms with Gasteiger partial charge in [0.25, 0.3) is 0 Å². The highest BCUT2D eigenvalue weighted by Gasteiger charge is 2.45. The van der Waals surface area contributed by atoms with E-state index >= 15 is 0 Å². The summed E-state index contributed by atoms with van der Waals surface area (Å²) < 4.78 is 50.5. The second-order valence-corrected chi connectivity index (χ2v) is 8.20. The largest absolute Gasteiger partial charge is 0.486 e. The van der Waals surface area contributed by atoms with Crippen LogP contribution in [0.3, 0.4) is 0 Å². The standard InChI is InChI=1S/C22H20BrF3O3/c1-2-28-21(27)17-11-16(17)12-3-5-13(6-4-12)29-19-10-8-15-14(19)7-9-18(20(15)23)22(24,25)26/h3-7,9,16-17,19H,2,8,10-11H2,1H3/t16-,17+,19-/m1/s1. The minimum atomic E-state index is -4.38. The van der Waals surface area contributed by atoms with E-state index in [0.717, 1.165) is 23.6 Å². The lowest BCUT2D eigenvalue weighted by molar-refractivity contribution is -0.144. The maximum absolute atomic E-state index is 13.1. The molecule has 1 fully saturated rings. The fourth-order valence-electron chi connectivity index (χ4n) is 4.00. The zero-order chi connectivity index (χ0) is 20.8. The lowest BCUT2D eigenvalue weighted by Gasteiger charge is -2.17. The Morgan fingerprint density at radius 3 is 2.55 bits per heavy atom. The molecule has 3 atom stereocenters. The molecule has 29 heavy (non-hydrogen) atoms. The third kappa shape index (κ3) is 4.02. The van der Waals surface area contributed by atoms with Crippen molar-refractivity contribution in [2.75, 3.05) is 6.61 Å². The van der Waals surface area contributed by atoms with Crippen LogP contribution in [0.15, 0.2) is 40.9 Å². The number of hydrogen-bond donors (Lipinski definition) is 0. The topological polar surface area (TPSA) is 35.5 Å². The average Bonchev–Trinajstić information content (AvgIpc) is 3.37. The fraction of sp³-hybridized carbons (Fsp3) is 0.409. The molecular formula is C22H20BrF3O3. The molecule has 7 heteroatoms. The number of alkyl halides is 3. The van der Waals surface area contributed by atoms with E-state index in [-0.39, 0.29) is 28.4 Å². The third-order valence-electron chi connectivity index (χ3n) is 5.55. The second-order valence-electron chi connectivity index (χ2n) is 7.41. The number of carbonyl (C=O) groups excluding carboxylic acids is 1. The normalized spacial score (nSPS) is 22.9. The van der Waals surface area contributed by atoms with Gasteiger partial charge < -0.3 is 9.47 Å². The second kappa shape index (κ2) is 7.67. The molecule has 0 amide bonds. The maximum atomic E-state index is 13.1. The van der Waals surface area contributed by atoms with Gasteiger partial charge in [-0.25, -0.2) is 0 Å². The maximum Gasteiger partial charge on any atom is 0.417 e. The Morgan fingerprint density at radius 1 is 1.17 bits per heavy atom. The molecule has 0 spiro atoms. The van der Waals surface area contributed by atoms with Gasteiger partial charge in [0.05, 0.1) is 18.1 Å². The highest BCUT2D eigenvalue weighted by atomic mass is 79.9. The molecule has 0 aromatic heterocycles. The molecule has 0 N–H and O–H groups in total. The first-order valence-electron chi connectivity index (χ1n) is 9.61. The van der Waals surface area contributed by atoms with Crippen LogP contribution in [-0.2, 0) is 22.1 Å². The van der Waals surface area contributed by atoms with Crippen LogP contribution < -0.4 is 4.74 Å². The molecule has 0 saturated heterocycles. The number of fused-ring (bicyclic) bond motifs is 1. The Bertz CT molecular complexity index is 924. The van der Waals surface area contributed by atoms with Crippen LogP contribution in [0.2, 0.25) is 0 Å². The van der Waals surface area contributed by atoms with E-state index in [4.69, 9.17) is 9.47 Å². The third-order valence-corrected chi connectivity index (χ3v) is 6.46. The van der Waals surface area contributed by atoms with Crippen LogP contribution in [0.1, 0.15) is 54.0 Å². The summed E-state index contributed by atoms with van der Waals surface area (Å²) in [5.41, 5.74) is 1.87. The fourth-order valence-corrected chi connectivity index (χ4v) is 4.78. The van der Waals surface area contributed by atoms with Crippen molar-refractivity contribution >= 4 is 21.9 Å². The molecule has 2 aliphatic carbocycles. The average molecular weight is 469 g/mol. The Morgan fingerprint density at radius 2 is 1.90 bits per heavy atom. The number of halogens is 4. The highest BCUT2D eigenvalue weighted by molar-refractivity contribution is 9.10. The van der Waals surface area contributed by atoms with Crippen LogP contribution in [0.25, 0.3) is 0 Å². The van der Waals surface area contributed by atoms with Crippen LogP contribution >= 0.6 is 15.9 Å². The predicted octanol–water partition coefficient (Wildman–Crippen LogP) is 6.20. The van der Waals surface area contributed by atoms with Gasteiger partial charge in [-0.2, -0.15) is 13.2 Å². The Balaban J connectivity index is 1.44. The van der Waals surface area contributed by atoms with Gasteiger partial charge >= 0.3 is 12.1 Å². The van der Waals surface area contributed by atoms with E-state index in [2.05, 4.69) is 15.9 Å². The SMILES string of the molecule is CCOC(=O)[C@H]1C[C@@H]1c1ccc(O[C@@H]2CCc3c2ccc(C(F)(F)F)c3Br)cc1. The van der Waals surface area contributed by atoms with E-state index in [1.807, 2.05) is 24.3 Å².